The van der Waals surface area contributed by atoms with Crippen LogP contribution in [0.15, 0.2) is 48.7 Å². The molecule has 3 rings (SSSR count). The number of halogens is 1. The number of aromatic nitrogens is 1. The van der Waals surface area contributed by atoms with Crippen molar-refractivity contribution in [3.63, 3.8) is 0 Å². The summed E-state index contributed by atoms with van der Waals surface area (Å²) in [6.45, 7) is 2.08. The molecule has 0 spiro atoms. The van der Waals surface area contributed by atoms with Gasteiger partial charge < -0.3 is 4.98 Å². The zero-order valence-corrected chi connectivity index (χ0v) is 10.3. The highest BCUT2D eigenvalue weighted by Gasteiger charge is 2.07. The average Bonchev–Trinajstić information content (AvgIpc) is 2.80. The van der Waals surface area contributed by atoms with Gasteiger partial charge in [0.2, 0.25) is 0 Å². The van der Waals surface area contributed by atoms with Crippen molar-refractivity contribution in [3.05, 3.63) is 59.2 Å². The molecule has 17 heavy (non-hydrogen) atoms. The first-order chi connectivity index (χ1) is 8.25. The van der Waals surface area contributed by atoms with E-state index in [1.807, 2.05) is 12.3 Å². The number of H-pyrrole nitrogens is 1. The van der Waals surface area contributed by atoms with Crippen molar-refractivity contribution in [1.82, 2.24) is 4.98 Å². The highest BCUT2D eigenvalue weighted by atomic mass is 35.5. The SMILES string of the molecule is Cc1ccc(-c2ccc3[nH]ccc3c2Cl)cc1. The molecule has 0 unspecified atom stereocenters. The molecule has 0 radical (unpaired) electrons. The van der Waals surface area contributed by atoms with Gasteiger partial charge in [0.1, 0.15) is 0 Å². The molecule has 0 saturated carbocycles. The highest BCUT2D eigenvalue weighted by molar-refractivity contribution is 6.38. The van der Waals surface area contributed by atoms with E-state index in [-0.39, 0.29) is 0 Å². The van der Waals surface area contributed by atoms with Crippen molar-refractivity contribution in [2.75, 3.05) is 0 Å². The topological polar surface area (TPSA) is 15.8 Å². The van der Waals surface area contributed by atoms with E-state index in [2.05, 4.69) is 48.3 Å². The maximum Gasteiger partial charge on any atom is 0.0578 e. The second-order valence-corrected chi connectivity index (χ2v) is 4.61. The Morgan fingerprint density at radius 3 is 2.47 bits per heavy atom. The molecule has 0 aliphatic carbocycles. The Hall–Kier alpha value is -1.73. The van der Waals surface area contributed by atoms with E-state index in [0.717, 1.165) is 27.1 Å². The third-order valence-corrected chi connectivity index (χ3v) is 3.44. The minimum atomic E-state index is 0.813. The summed E-state index contributed by atoms with van der Waals surface area (Å²) in [5.41, 5.74) is 4.57. The molecule has 1 aromatic heterocycles. The van der Waals surface area contributed by atoms with Crippen LogP contribution < -0.4 is 0 Å². The lowest BCUT2D eigenvalue weighted by atomic mass is 10.0. The molecule has 0 fully saturated rings. The van der Waals surface area contributed by atoms with Crippen LogP contribution in [0.2, 0.25) is 5.02 Å². The van der Waals surface area contributed by atoms with Gasteiger partial charge in [-0.1, -0.05) is 47.5 Å². The molecule has 1 heterocycles. The van der Waals surface area contributed by atoms with Crippen molar-refractivity contribution in [2.24, 2.45) is 0 Å². The van der Waals surface area contributed by atoms with E-state index in [9.17, 15) is 0 Å². The predicted octanol–water partition coefficient (Wildman–Crippen LogP) is 4.80. The standard InChI is InChI=1S/C15H12ClN/c1-10-2-4-11(5-3-10)12-6-7-14-13(15(12)16)8-9-17-14/h2-9,17H,1H3. The van der Waals surface area contributed by atoms with Crippen LogP contribution in [0.25, 0.3) is 22.0 Å². The lowest BCUT2D eigenvalue weighted by Gasteiger charge is -2.06. The van der Waals surface area contributed by atoms with Gasteiger partial charge in [-0.15, -0.1) is 0 Å². The van der Waals surface area contributed by atoms with E-state index in [4.69, 9.17) is 11.6 Å². The third-order valence-electron chi connectivity index (χ3n) is 3.03. The van der Waals surface area contributed by atoms with Crippen LogP contribution in [-0.4, -0.2) is 4.98 Å². The zero-order valence-electron chi connectivity index (χ0n) is 9.50. The quantitative estimate of drug-likeness (QED) is 0.630. The van der Waals surface area contributed by atoms with Crippen molar-refractivity contribution in [2.45, 2.75) is 6.92 Å². The normalized spacial score (nSPS) is 10.9. The lowest BCUT2D eigenvalue weighted by Crippen LogP contribution is -1.81. The Balaban J connectivity index is 2.23. The molecule has 2 aromatic carbocycles. The van der Waals surface area contributed by atoms with E-state index >= 15 is 0 Å². The fraction of sp³-hybridized carbons (Fsp3) is 0.0667. The maximum absolute atomic E-state index is 6.44. The van der Waals surface area contributed by atoms with Crippen molar-refractivity contribution >= 4 is 22.5 Å². The van der Waals surface area contributed by atoms with Gasteiger partial charge >= 0.3 is 0 Å². The van der Waals surface area contributed by atoms with Crippen LogP contribution >= 0.6 is 11.6 Å². The van der Waals surface area contributed by atoms with E-state index in [0.29, 0.717) is 0 Å². The molecule has 2 heteroatoms. The molecule has 0 atom stereocenters. The number of aromatic amines is 1. The minimum absolute atomic E-state index is 0.813. The van der Waals surface area contributed by atoms with Crippen molar-refractivity contribution in [3.8, 4) is 11.1 Å². The van der Waals surface area contributed by atoms with Crippen LogP contribution in [0, 0.1) is 6.92 Å². The molecule has 1 N–H and O–H groups in total. The van der Waals surface area contributed by atoms with E-state index < -0.39 is 0 Å². The summed E-state index contributed by atoms with van der Waals surface area (Å²) in [6, 6.07) is 14.6. The molecule has 84 valence electrons. The number of rotatable bonds is 1. The second kappa shape index (κ2) is 3.94. The zero-order chi connectivity index (χ0) is 11.8. The Bertz CT molecular complexity index is 665. The lowest BCUT2D eigenvalue weighted by molar-refractivity contribution is 1.46. The van der Waals surface area contributed by atoms with Gasteiger partial charge in [0, 0.05) is 22.7 Å². The second-order valence-electron chi connectivity index (χ2n) is 4.23. The first-order valence-electron chi connectivity index (χ1n) is 5.58. The predicted molar refractivity (Wildman–Crippen MR) is 73.5 cm³/mol. The summed E-state index contributed by atoms with van der Waals surface area (Å²) in [5, 5.41) is 1.89. The van der Waals surface area contributed by atoms with Crippen LogP contribution in [0.4, 0.5) is 0 Å². The Labute approximate surface area is 105 Å². The number of hydrogen-bond acceptors (Lipinski definition) is 0. The molecule has 3 aromatic rings. The van der Waals surface area contributed by atoms with Crippen LogP contribution in [0.5, 0.6) is 0 Å². The van der Waals surface area contributed by atoms with Crippen LogP contribution in [0.1, 0.15) is 5.56 Å². The van der Waals surface area contributed by atoms with Crippen molar-refractivity contribution in [1.29, 1.82) is 0 Å². The molecule has 0 saturated heterocycles. The van der Waals surface area contributed by atoms with Crippen molar-refractivity contribution < 1.29 is 0 Å². The monoisotopic (exact) mass is 241 g/mol. The van der Waals surface area contributed by atoms with Gasteiger partial charge in [-0.3, -0.25) is 0 Å². The fourth-order valence-corrected chi connectivity index (χ4v) is 2.39. The summed E-state index contributed by atoms with van der Waals surface area (Å²) in [4.78, 5) is 3.16. The smallest absolute Gasteiger partial charge is 0.0578 e. The Morgan fingerprint density at radius 2 is 1.71 bits per heavy atom. The van der Waals surface area contributed by atoms with Gasteiger partial charge in [0.25, 0.3) is 0 Å². The third kappa shape index (κ3) is 1.73. The van der Waals surface area contributed by atoms with Gasteiger partial charge in [-0.05, 0) is 24.6 Å². The summed E-state index contributed by atoms with van der Waals surface area (Å²) >= 11 is 6.44. The average molecular weight is 242 g/mol. The molecule has 1 nitrogen and oxygen atoms in total. The van der Waals surface area contributed by atoms with Crippen LogP contribution in [-0.2, 0) is 0 Å². The molecule has 0 amide bonds. The Kier molecular flexibility index (Phi) is 2.41. The first kappa shape index (κ1) is 10.4. The molecule has 0 bridgehead atoms. The van der Waals surface area contributed by atoms with Crippen LogP contribution in [0.3, 0.4) is 0 Å². The fourth-order valence-electron chi connectivity index (χ4n) is 2.05. The van der Waals surface area contributed by atoms with E-state index in [1.54, 1.807) is 0 Å². The Morgan fingerprint density at radius 1 is 0.941 bits per heavy atom. The number of aryl methyl sites for hydroxylation is 1. The number of nitrogens with one attached hydrogen (secondary N) is 1. The summed E-state index contributed by atoms with van der Waals surface area (Å²) in [6.07, 6.45) is 1.91. The number of hydrogen-bond donors (Lipinski definition) is 1. The summed E-state index contributed by atoms with van der Waals surface area (Å²) < 4.78 is 0. The molecular weight excluding hydrogens is 230 g/mol. The largest absolute Gasteiger partial charge is 0.361 e. The first-order valence-corrected chi connectivity index (χ1v) is 5.96. The highest BCUT2D eigenvalue weighted by Crippen LogP contribution is 2.33. The molecular formula is C15H12ClN. The van der Waals surface area contributed by atoms with E-state index in [1.165, 1.54) is 5.56 Å². The number of fused-ring (bicyclic) bond motifs is 1. The van der Waals surface area contributed by atoms with Gasteiger partial charge in [0.05, 0.1) is 5.02 Å². The summed E-state index contributed by atoms with van der Waals surface area (Å²) in [7, 11) is 0. The number of benzene rings is 2. The van der Waals surface area contributed by atoms with Gasteiger partial charge in [-0.2, -0.15) is 0 Å². The molecule has 0 aliphatic rings. The van der Waals surface area contributed by atoms with Gasteiger partial charge in [0.15, 0.2) is 0 Å². The maximum atomic E-state index is 6.44. The molecule has 0 aliphatic heterocycles. The summed E-state index contributed by atoms with van der Waals surface area (Å²) in [5.74, 6) is 0. The van der Waals surface area contributed by atoms with Gasteiger partial charge in [-0.25, -0.2) is 0 Å². The minimum Gasteiger partial charge on any atom is -0.361 e.